The Morgan fingerprint density at radius 2 is 2.00 bits per heavy atom. The van der Waals surface area contributed by atoms with Gasteiger partial charge in [0.25, 0.3) is 0 Å². The number of aliphatic hydroxyl groups is 1. The van der Waals surface area contributed by atoms with Gasteiger partial charge in [-0.3, -0.25) is 0 Å². The van der Waals surface area contributed by atoms with Crippen LogP contribution in [0.25, 0.3) is 0 Å². The molecule has 1 saturated carbocycles. The van der Waals surface area contributed by atoms with E-state index < -0.39 is 6.10 Å². The molecule has 0 aromatic rings. The number of ether oxygens (including phenoxy) is 3. The van der Waals surface area contributed by atoms with Gasteiger partial charge in [0.2, 0.25) is 0 Å². The first-order chi connectivity index (χ1) is 12.2. The van der Waals surface area contributed by atoms with E-state index in [4.69, 9.17) is 14.2 Å². The van der Waals surface area contributed by atoms with Crippen LogP contribution in [0.4, 0.5) is 0 Å². The van der Waals surface area contributed by atoms with E-state index in [1.165, 1.54) is 6.42 Å². The molecule has 0 amide bonds. The van der Waals surface area contributed by atoms with Gasteiger partial charge in [0, 0.05) is 0 Å². The molecule has 152 valence electrons. The smallest absolute Gasteiger partial charge is 0.361 e. The molecule has 6 nitrogen and oxygen atoms in total. The molecule has 0 spiro atoms. The average Bonchev–Trinajstić information content (AvgIpc) is 2.52. The van der Waals surface area contributed by atoms with Crippen LogP contribution in [0.1, 0.15) is 47.0 Å². The van der Waals surface area contributed by atoms with Crippen LogP contribution in [-0.2, 0) is 19.0 Å². The van der Waals surface area contributed by atoms with E-state index in [1.807, 2.05) is 6.92 Å². The van der Waals surface area contributed by atoms with Gasteiger partial charge in [0.1, 0.15) is 25.7 Å². The highest BCUT2D eigenvalue weighted by Crippen LogP contribution is 2.39. The van der Waals surface area contributed by atoms with Gasteiger partial charge in [0.15, 0.2) is 6.54 Å². The Kier molecular flexibility index (Phi) is 7.89. The summed E-state index contributed by atoms with van der Waals surface area (Å²) in [5.41, 5.74) is 0.301. The van der Waals surface area contributed by atoms with Crippen molar-refractivity contribution in [1.82, 2.24) is 0 Å². The molecule has 1 heterocycles. The first kappa shape index (κ1) is 21.6. The van der Waals surface area contributed by atoms with Crippen molar-refractivity contribution in [2.24, 2.45) is 11.3 Å². The van der Waals surface area contributed by atoms with Crippen LogP contribution in [-0.4, -0.2) is 80.4 Å². The number of carbonyl (C=O) groups excluding carboxylic acids is 1. The first-order valence-corrected chi connectivity index (χ1v) is 10.1. The molecule has 1 saturated heterocycles. The summed E-state index contributed by atoms with van der Waals surface area (Å²) < 4.78 is 17.2. The van der Waals surface area contributed by atoms with E-state index in [9.17, 15) is 9.90 Å². The highest BCUT2D eigenvalue weighted by atomic mass is 16.5. The molecule has 3 atom stereocenters. The third kappa shape index (κ3) is 6.80. The van der Waals surface area contributed by atoms with Crippen LogP contribution in [0, 0.1) is 11.3 Å². The zero-order valence-electron chi connectivity index (χ0n) is 17.0. The summed E-state index contributed by atoms with van der Waals surface area (Å²) in [7, 11) is 0. The first-order valence-electron chi connectivity index (χ1n) is 10.1. The average molecular weight is 373 g/mol. The number of aliphatic hydroxyl groups excluding tert-OH is 1. The Morgan fingerprint density at radius 3 is 2.62 bits per heavy atom. The van der Waals surface area contributed by atoms with Crippen molar-refractivity contribution in [1.29, 1.82) is 0 Å². The fourth-order valence-corrected chi connectivity index (χ4v) is 4.75. The second kappa shape index (κ2) is 9.49. The summed E-state index contributed by atoms with van der Waals surface area (Å²) in [5, 5.41) is 10.6. The van der Waals surface area contributed by atoms with Crippen LogP contribution >= 0.6 is 0 Å². The molecule has 6 heteroatoms. The molecule has 0 radical (unpaired) electrons. The van der Waals surface area contributed by atoms with Gasteiger partial charge in [-0.25, -0.2) is 4.79 Å². The lowest BCUT2D eigenvalue weighted by molar-refractivity contribution is -0.931. The molecule has 26 heavy (non-hydrogen) atoms. The summed E-state index contributed by atoms with van der Waals surface area (Å²) in [6.07, 6.45) is 2.97. The third-order valence-electron chi connectivity index (χ3n) is 5.66. The number of nitrogens with zero attached hydrogens (tertiary/aromatic N) is 1. The molecule has 0 bridgehead atoms. The molecular weight excluding hydrogens is 334 g/mol. The van der Waals surface area contributed by atoms with E-state index in [-0.39, 0.29) is 12.1 Å². The van der Waals surface area contributed by atoms with E-state index in [1.54, 1.807) is 0 Å². The Balaban J connectivity index is 1.86. The lowest BCUT2D eigenvalue weighted by Crippen LogP contribution is -2.60. The molecule has 2 fully saturated rings. The molecule has 0 aromatic carbocycles. The SMILES string of the molecule is CCOC(=O)C[N+]1(C[C@@H](O)CO[C@@H]2C[C@H](C)CC(C)(C)C2)CCOCC1. The van der Waals surface area contributed by atoms with Crippen molar-refractivity contribution >= 4 is 5.97 Å². The van der Waals surface area contributed by atoms with Crippen LogP contribution in [0.2, 0.25) is 0 Å². The van der Waals surface area contributed by atoms with E-state index in [0.717, 1.165) is 25.9 Å². The van der Waals surface area contributed by atoms with Crippen LogP contribution in [0.5, 0.6) is 0 Å². The lowest BCUT2D eigenvalue weighted by atomic mass is 9.71. The zero-order chi connectivity index (χ0) is 19.2. The maximum Gasteiger partial charge on any atom is 0.361 e. The Labute approximate surface area is 158 Å². The largest absolute Gasteiger partial charge is 0.462 e. The number of morpholine rings is 1. The van der Waals surface area contributed by atoms with Crippen LogP contribution in [0.3, 0.4) is 0 Å². The minimum Gasteiger partial charge on any atom is -0.462 e. The molecule has 2 rings (SSSR count). The van der Waals surface area contributed by atoms with Crippen LogP contribution in [0.15, 0.2) is 0 Å². The minimum absolute atomic E-state index is 0.203. The van der Waals surface area contributed by atoms with Crippen molar-refractivity contribution in [2.75, 3.05) is 52.6 Å². The fourth-order valence-electron chi connectivity index (χ4n) is 4.75. The predicted octanol–water partition coefficient (Wildman–Crippen LogP) is 1.99. The molecule has 0 aromatic heterocycles. The van der Waals surface area contributed by atoms with Gasteiger partial charge in [-0.1, -0.05) is 20.8 Å². The van der Waals surface area contributed by atoms with Gasteiger partial charge in [-0.15, -0.1) is 0 Å². The molecule has 1 aliphatic heterocycles. The van der Waals surface area contributed by atoms with Crippen molar-refractivity contribution < 1.29 is 28.6 Å². The molecular formula is C20H38NO5+. The Hall–Kier alpha value is -0.690. The van der Waals surface area contributed by atoms with E-state index in [2.05, 4.69) is 20.8 Å². The number of quaternary nitrogens is 1. The third-order valence-corrected chi connectivity index (χ3v) is 5.66. The zero-order valence-corrected chi connectivity index (χ0v) is 17.0. The topological polar surface area (TPSA) is 65.0 Å². The molecule has 1 N–H and O–H groups in total. The number of carbonyl (C=O) groups is 1. The monoisotopic (exact) mass is 372 g/mol. The highest BCUT2D eigenvalue weighted by Gasteiger charge is 2.37. The second-order valence-corrected chi connectivity index (χ2v) is 9.07. The number of hydrogen-bond acceptors (Lipinski definition) is 5. The molecule has 0 unspecified atom stereocenters. The molecule has 2 aliphatic rings. The quantitative estimate of drug-likeness (QED) is 0.521. The van der Waals surface area contributed by atoms with Crippen molar-refractivity contribution in [3.63, 3.8) is 0 Å². The van der Waals surface area contributed by atoms with Crippen LogP contribution < -0.4 is 0 Å². The second-order valence-electron chi connectivity index (χ2n) is 9.07. The Morgan fingerprint density at radius 1 is 1.31 bits per heavy atom. The summed E-state index contributed by atoms with van der Waals surface area (Å²) in [6, 6.07) is 0. The number of esters is 1. The lowest BCUT2D eigenvalue weighted by Gasteiger charge is -2.42. The van der Waals surface area contributed by atoms with Gasteiger partial charge < -0.3 is 23.8 Å². The summed E-state index contributed by atoms with van der Waals surface area (Å²) in [5.74, 6) is 0.452. The van der Waals surface area contributed by atoms with Crippen molar-refractivity contribution in [3.8, 4) is 0 Å². The normalized spacial score (nSPS) is 29.1. The predicted molar refractivity (Wildman–Crippen MR) is 99.7 cm³/mol. The standard InChI is InChI=1S/C20H38NO5/c1-5-25-19(23)14-21(6-8-24-9-7-21)13-17(22)15-26-18-10-16(2)11-20(3,4)12-18/h16-18,22H,5-15H2,1-4H3/q+1/t16-,17+,18+/m0/s1. The van der Waals surface area contributed by atoms with Crippen molar-refractivity contribution in [3.05, 3.63) is 0 Å². The fraction of sp³-hybridized carbons (Fsp3) is 0.950. The highest BCUT2D eigenvalue weighted by molar-refractivity contribution is 5.70. The van der Waals surface area contributed by atoms with Gasteiger partial charge >= 0.3 is 5.97 Å². The van der Waals surface area contributed by atoms with E-state index in [0.29, 0.717) is 55.3 Å². The Bertz CT molecular complexity index is 447. The van der Waals surface area contributed by atoms with E-state index >= 15 is 0 Å². The van der Waals surface area contributed by atoms with Gasteiger partial charge in [-0.2, -0.15) is 0 Å². The molecule has 1 aliphatic carbocycles. The number of rotatable bonds is 8. The maximum absolute atomic E-state index is 12.0. The summed E-state index contributed by atoms with van der Waals surface area (Å²) in [6.45, 7) is 12.9. The minimum atomic E-state index is -0.581. The van der Waals surface area contributed by atoms with Gasteiger partial charge in [0.05, 0.1) is 32.5 Å². The summed E-state index contributed by atoms with van der Waals surface area (Å²) in [4.78, 5) is 12.0. The summed E-state index contributed by atoms with van der Waals surface area (Å²) >= 11 is 0. The maximum atomic E-state index is 12.0. The number of hydrogen-bond donors (Lipinski definition) is 1. The van der Waals surface area contributed by atoms with Gasteiger partial charge in [-0.05, 0) is 37.5 Å². The van der Waals surface area contributed by atoms with Crippen molar-refractivity contribution in [2.45, 2.75) is 59.2 Å².